The molecule has 8 heteroatoms. The lowest BCUT2D eigenvalue weighted by Crippen LogP contribution is -2.41. The third-order valence-corrected chi connectivity index (χ3v) is 5.88. The molecule has 31 heavy (non-hydrogen) atoms. The van der Waals surface area contributed by atoms with Crippen molar-refractivity contribution in [1.29, 1.82) is 0 Å². The van der Waals surface area contributed by atoms with Crippen molar-refractivity contribution < 1.29 is 9.53 Å². The lowest BCUT2D eigenvalue weighted by molar-refractivity contribution is -0.121. The van der Waals surface area contributed by atoms with Crippen LogP contribution in [0.5, 0.6) is 5.75 Å². The highest BCUT2D eigenvalue weighted by Crippen LogP contribution is 2.21. The lowest BCUT2D eigenvalue weighted by atomic mass is 10.1. The third-order valence-electron chi connectivity index (χ3n) is 4.99. The molecule has 0 saturated carbocycles. The van der Waals surface area contributed by atoms with Crippen molar-refractivity contribution in [3.05, 3.63) is 91.9 Å². The van der Waals surface area contributed by atoms with Crippen LogP contribution in [0.15, 0.2) is 69.6 Å². The van der Waals surface area contributed by atoms with E-state index in [0.29, 0.717) is 28.2 Å². The first-order chi connectivity index (χ1) is 15.0. The number of nitrogens with one attached hydrogen (secondary N) is 1. The molecule has 2 aromatic carbocycles. The minimum atomic E-state index is -0.592. The Morgan fingerprint density at radius 3 is 2.55 bits per heavy atom. The van der Waals surface area contributed by atoms with Gasteiger partial charge in [0.2, 0.25) is 5.91 Å². The van der Waals surface area contributed by atoms with E-state index < -0.39 is 11.2 Å². The smallest absolute Gasteiger partial charge is 0.336 e. The van der Waals surface area contributed by atoms with Gasteiger partial charge in [0.05, 0.1) is 18.3 Å². The lowest BCUT2D eigenvalue weighted by Gasteiger charge is -2.14. The number of amides is 1. The van der Waals surface area contributed by atoms with Crippen LogP contribution in [-0.2, 0) is 17.9 Å². The number of carbonyl (C=O) groups excluding carboxylic acids is 1. The molecule has 0 unspecified atom stereocenters. The summed E-state index contributed by atoms with van der Waals surface area (Å²) in [6.07, 6.45) is 0. The van der Waals surface area contributed by atoms with E-state index in [2.05, 4.69) is 5.32 Å². The van der Waals surface area contributed by atoms with E-state index in [1.54, 1.807) is 35.7 Å². The molecule has 0 spiro atoms. The van der Waals surface area contributed by atoms with E-state index in [1.165, 1.54) is 23.0 Å². The van der Waals surface area contributed by atoms with E-state index in [9.17, 15) is 14.4 Å². The average Bonchev–Trinajstić information content (AvgIpc) is 3.27. The van der Waals surface area contributed by atoms with Gasteiger partial charge in [-0.2, -0.15) is 0 Å². The van der Waals surface area contributed by atoms with E-state index in [1.807, 2.05) is 31.2 Å². The molecule has 0 aliphatic heterocycles. The van der Waals surface area contributed by atoms with Gasteiger partial charge in [0.1, 0.15) is 17.0 Å². The Kier molecular flexibility index (Phi) is 5.73. The predicted octanol–water partition coefficient (Wildman–Crippen LogP) is 2.85. The standard InChI is InChI=1S/C23H21N3O4S/c1-15-7-9-16(10-8-15)13-24-20(27)14-25-18-11-12-31-21(18)22(28)26(23(25)29)17-5-3-4-6-19(17)30-2/h3-12H,13-14H2,1-2H3,(H,24,27). The molecule has 2 aromatic heterocycles. The second kappa shape index (κ2) is 8.61. The summed E-state index contributed by atoms with van der Waals surface area (Å²) in [5, 5.41) is 4.57. The van der Waals surface area contributed by atoms with Crippen LogP contribution >= 0.6 is 11.3 Å². The van der Waals surface area contributed by atoms with Crippen molar-refractivity contribution in [1.82, 2.24) is 14.5 Å². The van der Waals surface area contributed by atoms with Crippen molar-refractivity contribution >= 4 is 27.5 Å². The van der Waals surface area contributed by atoms with Gasteiger partial charge in [0.25, 0.3) is 5.56 Å². The molecule has 0 fully saturated rings. The predicted molar refractivity (Wildman–Crippen MR) is 121 cm³/mol. The molecule has 0 bridgehead atoms. The Balaban J connectivity index is 1.72. The molecular formula is C23H21N3O4S. The topological polar surface area (TPSA) is 82.3 Å². The fourth-order valence-electron chi connectivity index (χ4n) is 3.37. The van der Waals surface area contributed by atoms with Gasteiger partial charge in [-0.3, -0.25) is 14.2 Å². The number of methoxy groups -OCH3 is 1. The van der Waals surface area contributed by atoms with E-state index in [-0.39, 0.29) is 12.5 Å². The van der Waals surface area contributed by atoms with Gasteiger partial charge >= 0.3 is 5.69 Å². The maximum absolute atomic E-state index is 13.3. The van der Waals surface area contributed by atoms with Crippen LogP contribution < -0.4 is 21.3 Å². The number of hydrogen-bond donors (Lipinski definition) is 1. The first-order valence-electron chi connectivity index (χ1n) is 9.68. The summed E-state index contributed by atoms with van der Waals surface area (Å²) < 4.78 is 8.12. The number of thiophene rings is 1. The van der Waals surface area contributed by atoms with Crippen LogP contribution in [0, 0.1) is 6.92 Å². The van der Waals surface area contributed by atoms with Gasteiger partial charge in [-0.25, -0.2) is 9.36 Å². The maximum Gasteiger partial charge on any atom is 0.336 e. The molecule has 0 saturated heterocycles. The quantitative estimate of drug-likeness (QED) is 0.505. The van der Waals surface area contributed by atoms with Crippen LogP contribution in [0.1, 0.15) is 11.1 Å². The zero-order chi connectivity index (χ0) is 22.0. The summed E-state index contributed by atoms with van der Waals surface area (Å²) in [5.74, 6) is 0.0772. The number of rotatable bonds is 6. The molecule has 4 aromatic rings. The second-order valence-electron chi connectivity index (χ2n) is 7.08. The number of aryl methyl sites for hydroxylation is 1. The largest absolute Gasteiger partial charge is 0.495 e. The van der Waals surface area contributed by atoms with Gasteiger partial charge in [0, 0.05) is 6.54 Å². The van der Waals surface area contributed by atoms with Gasteiger partial charge in [-0.1, -0.05) is 42.0 Å². The molecular weight excluding hydrogens is 414 g/mol. The highest BCUT2D eigenvalue weighted by Gasteiger charge is 2.19. The SMILES string of the molecule is COc1ccccc1-n1c(=O)c2sccc2n(CC(=O)NCc2ccc(C)cc2)c1=O. The fourth-order valence-corrected chi connectivity index (χ4v) is 4.20. The van der Waals surface area contributed by atoms with E-state index in [0.717, 1.165) is 15.7 Å². The Morgan fingerprint density at radius 1 is 1.06 bits per heavy atom. The van der Waals surface area contributed by atoms with Crippen molar-refractivity contribution in [3.8, 4) is 11.4 Å². The number of ether oxygens (including phenoxy) is 1. The van der Waals surface area contributed by atoms with Crippen molar-refractivity contribution in [3.63, 3.8) is 0 Å². The monoisotopic (exact) mass is 435 g/mol. The first kappa shape index (κ1) is 20.6. The Morgan fingerprint density at radius 2 is 1.81 bits per heavy atom. The van der Waals surface area contributed by atoms with Crippen molar-refractivity contribution in [2.24, 2.45) is 0 Å². The molecule has 4 rings (SSSR count). The van der Waals surface area contributed by atoms with Gasteiger partial charge in [-0.05, 0) is 36.1 Å². The molecule has 0 radical (unpaired) electrons. The summed E-state index contributed by atoms with van der Waals surface area (Å²) in [6, 6.07) is 16.3. The number of para-hydroxylation sites is 2. The number of benzene rings is 2. The summed E-state index contributed by atoms with van der Waals surface area (Å²) in [4.78, 5) is 39.0. The minimum absolute atomic E-state index is 0.201. The first-order valence-corrected chi connectivity index (χ1v) is 10.6. The normalized spacial score (nSPS) is 10.9. The fraction of sp³-hybridized carbons (Fsp3) is 0.174. The summed E-state index contributed by atoms with van der Waals surface area (Å²) in [5.41, 5.74) is 1.86. The number of aromatic nitrogens is 2. The van der Waals surface area contributed by atoms with Crippen molar-refractivity contribution in [2.45, 2.75) is 20.0 Å². The summed E-state index contributed by atoms with van der Waals surface area (Å²) in [6.45, 7) is 2.15. The molecule has 2 heterocycles. The number of fused-ring (bicyclic) bond motifs is 1. The number of hydrogen-bond acceptors (Lipinski definition) is 5. The van der Waals surface area contributed by atoms with Crippen LogP contribution in [0.25, 0.3) is 15.9 Å². The summed E-state index contributed by atoms with van der Waals surface area (Å²) in [7, 11) is 1.48. The third kappa shape index (κ3) is 4.02. The van der Waals surface area contributed by atoms with Crippen LogP contribution in [-0.4, -0.2) is 22.2 Å². The molecule has 1 amide bonds. The zero-order valence-corrected chi connectivity index (χ0v) is 17.9. The highest BCUT2D eigenvalue weighted by molar-refractivity contribution is 7.17. The minimum Gasteiger partial charge on any atom is -0.495 e. The van der Waals surface area contributed by atoms with Gasteiger partial charge in [0.15, 0.2) is 0 Å². The van der Waals surface area contributed by atoms with Gasteiger partial charge < -0.3 is 10.1 Å². The average molecular weight is 436 g/mol. The van der Waals surface area contributed by atoms with Crippen LogP contribution in [0.3, 0.4) is 0 Å². The van der Waals surface area contributed by atoms with Gasteiger partial charge in [-0.15, -0.1) is 11.3 Å². The van der Waals surface area contributed by atoms with Crippen molar-refractivity contribution in [2.75, 3.05) is 7.11 Å². The molecule has 1 N–H and O–H groups in total. The van der Waals surface area contributed by atoms with E-state index >= 15 is 0 Å². The Bertz CT molecular complexity index is 1370. The molecule has 0 aliphatic carbocycles. The van der Waals surface area contributed by atoms with E-state index in [4.69, 9.17) is 4.74 Å². The van der Waals surface area contributed by atoms with Crippen LogP contribution in [0.2, 0.25) is 0 Å². The Labute approximate surface area is 182 Å². The van der Waals surface area contributed by atoms with Crippen LogP contribution in [0.4, 0.5) is 0 Å². The molecule has 7 nitrogen and oxygen atoms in total. The summed E-state index contributed by atoms with van der Waals surface area (Å²) >= 11 is 1.23. The Hall–Kier alpha value is -3.65. The molecule has 0 aliphatic rings. The maximum atomic E-state index is 13.3. The zero-order valence-electron chi connectivity index (χ0n) is 17.1. The number of carbonyl (C=O) groups is 1. The molecule has 158 valence electrons. The highest BCUT2D eigenvalue weighted by atomic mass is 32.1. The number of nitrogens with zero attached hydrogens (tertiary/aromatic N) is 2. The molecule has 0 atom stereocenters. The second-order valence-corrected chi connectivity index (χ2v) is 7.99.